The Hall–Kier alpha value is -4.75. The summed E-state index contributed by atoms with van der Waals surface area (Å²) in [5.41, 5.74) is 9.77. The summed E-state index contributed by atoms with van der Waals surface area (Å²) in [6, 6.07) is 38.8. The van der Waals surface area contributed by atoms with Gasteiger partial charge in [0, 0.05) is 33.8 Å². The number of aryl methyl sites for hydroxylation is 1. The van der Waals surface area contributed by atoms with Crippen molar-refractivity contribution in [2.75, 3.05) is 0 Å². The maximum atomic E-state index is 11.5. The fraction of sp³-hybridized carbons (Fsp3) is 0.245. The van der Waals surface area contributed by atoms with Gasteiger partial charge in [-0.15, -0.1) is 58.0 Å². The van der Waals surface area contributed by atoms with Gasteiger partial charge in [0.15, 0.2) is 0 Å². The predicted octanol–water partition coefficient (Wildman–Crippen LogP) is 17.3. The summed E-state index contributed by atoms with van der Waals surface area (Å²) in [7, 11) is 0. The molecule has 8 heteroatoms. The van der Waals surface area contributed by atoms with Crippen LogP contribution in [0, 0.1) is 11.3 Å². The number of carbonyl (C=O) groups is 1. The lowest BCUT2D eigenvalue weighted by molar-refractivity contribution is -0.132. The Bertz CT molecular complexity index is 2720. The molecule has 0 radical (unpaired) electrons. The largest absolute Gasteiger partial charge is 0.477 e. The molecule has 0 aliphatic heterocycles. The molecule has 3 aromatic carbocycles. The van der Waals surface area contributed by atoms with Crippen molar-refractivity contribution in [3.63, 3.8) is 0 Å². The molecule has 1 N–H and O–H groups in total. The number of fused-ring (bicyclic) bond motifs is 3. The lowest BCUT2D eigenvalue weighted by Gasteiger charge is -2.13. The highest BCUT2D eigenvalue weighted by Gasteiger charge is 2.19. The van der Waals surface area contributed by atoms with Gasteiger partial charge in [-0.1, -0.05) is 137 Å². The van der Waals surface area contributed by atoms with Crippen LogP contribution in [0.25, 0.3) is 56.8 Å². The third kappa shape index (κ3) is 11.0. The van der Waals surface area contributed by atoms with Crippen LogP contribution in [0.4, 0.5) is 0 Å². The zero-order valence-electron chi connectivity index (χ0n) is 35.0. The second-order valence-corrected chi connectivity index (χ2v) is 20.2. The van der Waals surface area contributed by atoms with Gasteiger partial charge < -0.3 is 5.11 Å². The number of allylic oxidation sites excluding steroid dienone is 3. The molecule has 0 spiro atoms. The summed E-state index contributed by atoms with van der Waals surface area (Å²) in [6.45, 7) is 6.80. The van der Waals surface area contributed by atoms with E-state index in [9.17, 15) is 15.2 Å². The van der Waals surface area contributed by atoms with E-state index in [4.69, 9.17) is 12.6 Å². The first-order valence-corrected chi connectivity index (χ1v) is 24.9. The highest BCUT2D eigenvalue weighted by molar-refractivity contribution is 7.90. The maximum absolute atomic E-state index is 11.5. The van der Waals surface area contributed by atoms with E-state index in [1.165, 1.54) is 113 Å². The molecular formula is C53H51NO2S5. The van der Waals surface area contributed by atoms with E-state index in [1.807, 2.05) is 17.4 Å². The summed E-state index contributed by atoms with van der Waals surface area (Å²) >= 11 is 12.2. The number of hydrogen-bond acceptors (Lipinski definition) is 7. The second-order valence-electron chi connectivity index (χ2n) is 15.4. The number of benzene rings is 3. The van der Waals surface area contributed by atoms with Gasteiger partial charge >= 0.3 is 5.97 Å². The van der Waals surface area contributed by atoms with Crippen LogP contribution in [0.15, 0.2) is 120 Å². The quantitative estimate of drug-likeness (QED) is 0.0212. The fourth-order valence-electron chi connectivity index (χ4n) is 7.62. The lowest BCUT2D eigenvalue weighted by atomic mass is 9.93. The van der Waals surface area contributed by atoms with Crippen molar-refractivity contribution in [2.45, 2.75) is 85.0 Å². The smallest absolute Gasteiger partial charge is 0.346 e. The van der Waals surface area contributed by atoms with E-state index in [0.29, 0.717) is 0 Å². The van der Waals surface area contributed by atoms with Crippen LogP contribution in [-0.4, -0.2) is 11.1 Å². The van der Waals surface area contributed by atoms with Crippen LogP contribution < -0.4 is 0 Å². The Balaban J connectivity index is 1.23. The SMILES string of the molecule is CCCCCCC(/C=C(\S)c1sc(-c2cc3sc4cc(/C=C(/C#N)C(=O)O)sc4c3s2)cc1CCCCCC)=C(/C)c1ccc(C=C(c2ccccc2)c2ccccc2)cc1. The predicted molar refractivity (Wildman–Crippen MR) is 272 cm³/mol. The fourth-order valence-corrected chi connectivity index (χ4v) is 13.2. The Morgan fingerprint density at radius 1 is 0.705 bits per heavy atom. The minimum atomic E-state index is -1.20. The Morgan fingerprint density at radius 2 is 1.33 bits per heavy atom. The van der Waals surface area contributed by atoms with E-state index < -0.39 is 5.97 Å². The van der Waals surface area contributed by atoms with Gasteiger partial charge in [-0.05, 0) is 114 Å². The zero-order valence-corrected chi connectivity index (χ0v) is 39.2. The Kier molecular flexibility index (Phi) is 15.5. The molecule has 7 rings (SSSR count). The van der Waals surface area contributed by atoms with Crippen LogP contribution in [0.1, 0.15) is 116 Å². The lowest BCUT2D eigenvalue weighted by Crippen LogP contribution is -1.96. The molecule has 0 aliphatic carbocycles. The van der Waals surface area contributed by atoms with Crippen molar-refractivity contribution in [3.8, 4) is 15.8 Å². The number of rotatable bonds is 19. The van der Waals surface area contributed by atoms with E-state index in [0.717, 1.165) is 44.9 Å². The molecule has 310 valence electrons. The monoisotopic (exact) mass is 893 g/mol. The number of thiophene rings is 4. The van der Waals surface area contributed by atoms with Gasteiger partial charge in [0.2, 0.25) is 0 Å². The second kappa shape index (κ2) is 21.4. The van der Waals surface area contributed by atoms with Crippen molar-refractivity contribution in [1.82, 2.24) is 0 Å². The van der Waals surface area contributed by atoms with Gasteiger partial charge in [0.1, 0.15) is 11.6 Å². The van der Waals surface area contributed by atoms with Crippen LogP contribution in [0.5, 0.6) is 0 Å². The number of nitriles is 1. The van der Waals surface area contributed by atoms with E-state index in [2.05, 4.69) is 130 Å². The molecular weight excluding hydrogens is 843 g/mol. The minimum Gasteiger partial charge on any atom is -0.477 e. The van der Waals surface area contributed by atoms with Gasteiger partial charge in [-0.2, -0.15) is 5.26 Å². The molecule has 0 unspecified atom stereocenters. The van der Waals surface area contributed by atoms with Crippen molar-refractivity contribution in [1.29, 1.82) is 5.26 Å². The van der Waals surface area contributed by atoms with Gasteiger partial charge in [0.25, 0.3) is 0 Å². The van der Waals surface area contributed by atoms with Crippen molar-refractivity contribution < 1.29 is 9.90 Å². The molecule has 7 aromatic rings. The van der Waals surface area contributed by atoms with Crippen molar-refractivity contribution >= 4 is 111 Å². The highest BCUT2D eigenvalue weighted by Crippen LogP contribution is 2.49. The summed E-state index contributed by atoms with van der Waals surface area (Å²) in [5.74, 6) is -1.20. The molecule has 0 saturated heterocycles. The molecule has 0 amide bonds. The van der Waals surface area contributed by atoms with Gasteiger partial charge in [-0.25, -0.2) is 4.79 Å². The Morgan fingerprint density at radius 3 is 1.97 bits per heavy atom. The molecule has 4 aromatic heterocycles. The molecule has 0 atom stereocenters. The summed E-state index contributed by atoms with van der Waals surface area (Å²) < 4.78 is 4.74. The van der Waals surface area contributed by atoms with Crippen LogP contribution in [0.3, 0.4) is 0 Å². The van der Waals surface area contributed by atoms with Crippen molar-refractivity contribution in [3.05, 3.63) is 158 Å². The van der Waals surface area contributed by atoms with Gasteiger partial charge in [-0.3, -0.25) is 0 Å². The van der Waals surface area contributed by atoms with E-state index in [-0.39, 0.29) is 5.57 Å². The molecule has 4 heterocycles. The van der Waals surface area contributed by atoms with Crippen LogP contribution in [-0.2, 0) is 11.2 Å². The molecule has 61 heavy (non-hydrogen) atoms. The number of aliphatic carboxylic acids is 1. The Labute approximate surface area is 382 Å². The van der Waals surface area contributed by atoms with E-state index in [1.54, 1.807) is 40.1 Å². The number of carboxylic acids is 1. The molecule has 0 fully saturated rings. The summed E-state index contributed by atoms with van der Waals surface area (Å²) in [6.07, 6.45) is 17.8. The third-order valence-corrected chi connectivity index (χ3v) is 16.6. The molecule has 0 aliphatic rings. The highest BCUT2D eigenvalue weighted by atomic mass is 32.1. The first kappa shape index (κ1) is 44.3. The van der Waals surface area contributed by atoms with E-state index >= 15 is 0 Å². The van der Waals surface area contributed by atoms with Crippen LogP contribution in [0.2, 0.25) is 0 Å². The average molecular weight is 894 g/mol. The molecule has 3 nitrogen and oxygen atoms in total. The number of nitrogens with zero attached hydrogens (tertiary/aromatic N) is 1. The summed E-state index contributed by atoms with van der Waals surface area (Å²) in [4.78, 5) is 17.1. The number of thiol groups is 1. The zero-order chi connectivity index (χ0) is 42.7. The third-order valence-electron chi connectivity index (χ3n) is 11.0. The van der Waals surface area contributed by atoms with Crippen LogP contribution >= 0.6 is 58.0 Å². The maximum Gasteiger partial charge on any atom is 0.346 e. The molecule has 0 saturated carbocycles. The number of unbranched alkanes of at least 4 members (excludes halogenated alkanes) is 6. The minimum absolute atomic E-state index is 0.248. The molecule has 0 bridgehead atoms. The topological polar surface area (TPSA) is 61.1 Å². The standard InChI is InChI=1S/C53H51NO2S5/c1-4-6-8-12-22-40(35(3)37-26-24-36(25-27-37)28-44(38-18-14-10-15-19-38)39-20-16-11-17-21-39)30-45(57)50-41(23-13-9-7-5-2)31-46(60-50)47-33-49-52(61-47)51-48(59-49)32-43(58-51)29-42(34-54)53(55)56/h10-11,14-21,24-33,57H,4-9,12-13,22-23H2,1-3H3,(H,55,56)/b40-35+,42-29-,45-30-. The normalized spacial score (nSPS) is 12.5. The average Bonchev–Trinajstić information content (AvgIpc) is 4.06. The summed E-state index contributed by atoms with van der Waals surface area (Å²) in [5, 5.41) is 18.7. The van der Waals surface area contributed by atoms with Gasteiger partial charge in [0.05, 0.1) is 9.40 Å². The van der Waals surface area contributed by atoms with Crippen molar-refractivity contribution in [2.24, 2.45) is 0 Å². The number of hydrogen-bond donors (Lipinski definition) is 2. The first-order chi connectivity index (χ1) is 29.8. The number of carboxylic acid groups (broad SMARTS) is 1. The first-order valence-electron chi connectivity index (χ1n) is 21.2.